The third-order valence-corrected chi connectivity index (χ3v) is 5.09. The normalized spacial score (nSPS) is 27.2. The van der Waals surface area contributed by atoms with E-state index in [1.807, 2.05) is 0 Å². The summed E-state index contributed by atoms with van der Waals surface area (Å²) in [6, 6.07) is 1.73. The molecular formula is C17H26FN5O. The number of anilines is 3. The van der Waals surface area contributed by atoms with Crippen LogP contribution in [0.1, 0.15) is 49.4 Å². The van der Waals surface area contributed by atoms with Gasteiger partial charge in [-0.15, -0.1) is 0 Å². The molecule has 1 amide bonds. The van der Waals surface area contributed by atoms with Crippen LogP contribution in [0.3, 0.4) is 0 Å². The Morgan fingerprint density at radius 1 is 1.29 bits per heavy atom. The fourth-order valence-corrected chi connectivity index (χ4v) is 3.52. The van der Waals surface area contributed by atoms with Gasteiger partial charge in [0, 0.05) is 12.6 Å². The lowest BCUT2D eigenvalue weighted by Crippen LogP contribution is -2.38. The molecule has 1 saturated heterocycles. The van der Waals surface area contributed by atoms with E-state index in [0.717, 1.165) is 25.7 Å². The van der Waals surface area contributed by atoms with Crippen LogP contribution in [-0.2, 0) is 0 Å². The minimum absolute atomic E-state index is 0.174. The van der Waals surface area contributed by atoms with Crippen LogP contribution in [0.15, 0.2) is 6.07 Å². The zero-order valence-corrected chi connectivity index (χ0v) is 14.1. The Hall–Kier alpha value is -2.05. The molecule has 1 atom stereocenters. The molecule has 2 fully saturated rings. The van der Waals surface area contributed by atoms with E-state index in [2.05, 4.69) is 17.2 Å². The van der Waals surface area contributed by atoms with Crippen LogP contribution in [0, 0.1) is 5.92 Å². The van der Waals surface area contributed by atoms with Gasteiger partial charge in [0.05, 0.1) is 17.8 Å². The summed E-state index contributed by atoms with van der Waals surface area (Å²) >= 11 is 0. The number of nitrogen functional groups attached to an aromatic ring is 2. The maximum absolute atomic E-state index is 13.6. The van der Waals surface area contributed by atoms with E-state index in [1.54, 1.807) is 11.0 Å². The Morgan fingerprint density at radius 2 is 2.00 bits per heavy atom. The highest BCUT2D eigenvalue weighted by atomic mass is 19.1. The number of nitrogens with one attached hydrogen (secondary N) is 1. The van der Waals surface area contributed by atoms with Crippen LogP contribution >= 0.6 is 0 Å². The van der Waals surface area contributed by atoms with Crippen LogP contribution in [0.5, 0.6) is 0 Å². The number of nitrogens with zero attached hydrogens (tertiary/aromatic N) is 2. The highest BCUT2D eigenvalue weighted by Gasteiger charge is 2.29. The average Bonchev–Trinajstić information content (AvgIpc) is 2.98. The third-order valence-electron chi connectivity index (χ3n) is 5.09. The molecule has 0 spiro atoms. The van der Waals surface area contributed by atoms with E-state index in [-0.39, 0.29) is 30.0 Å². The van der Waals surface area contributed by atoms with Gasteiger partial charge < -0.3 is 21.7 Å². The Labute approximate surface area is 141 Å². The van der Waals surface area contributed by atoms with Crippen molar-refractivity contribution in [1.29, 1.82) is 0 Å². The van der Waals surface area contributed by atoms with Gasteiger partial charge in [-0.3, -0.25) is 4.79 Å². The molecule has 0 unspecified atom stereocenters. The average molecular weight is 335 g/mol. The second-order valence-corrected chi connectivity index (χ2v) is 7.10. The molecule has 1 aliphatic carbocycles. The van der Waals surface area contributed by atoms with Crippen molar-refractivity contribution >= 4 is 23.2 Å². The number of aromatic nitrogens is 1. The quantitative estimate of drug-likeness (QED) is 0.786. The second-order valence-electron chi connectivity index (χ2n) is 7.10. The summed E-state index contributed by atoms with van der Waals surface area (Å²) in [6.07, 6.45) is 3.74. The summed E-state index contributed by atoms with van der Waals surface area (Å²) in [5.41, 5.74) is 12.3. The van der Waals surface area contributed by atoms with Crippen LogP contribution < -0.4 is 21.7 Å². The summed E-state index contributed by atoms with van der Waals surface area (Å²) in [5, 5.41) is 3.08. The number of rotatable bonds is 3. The molecular weight excluding hydrogens is 309 g/mol. The lowest BCUT2D eigenvalue weighted by Gasteiger charge is -2.28. The van der Waals surface area contributed by atoms with Crippen molar-refractivity contribution < 1.29 is 9.18 Å². The van der Waals surface area contributed by atoms with Crippen molar-refractivity contribution in [3.63, 3.8) is 0 Å². The summed E-state index contributed by atoms with van der Waals surface area (Å²) in [5.74, 6) is 1.12. The predicted molar refractivity (Wildman–Crippen MR) is 93.7 cm³/mol. The largest absolute Gasteiger partial charge is 0.396 e. The zero-order chi connectivity index (χ0) is 17.3. The summed E-state index contributed by atoms with van der Waals surface area (Å²) in [7, 11) is 0. The van der Waals surface area contributed by atoms with Gasteiger partial charge in [-0.2, -0.15) is 0 Å². The zero-order valence-electron chi connectivity index (χ0n) is 14.1. The lowest BCUT2D eigenvalue weighted by atomic mass is 9.87. The maximum Gasteiger partial charge on any atom is 0.255 e. The fraction of sp³-hybridized carbons (Fsp3) is 0.647. The number of hydrogen-bond donors (Lipinski definition) is 3. The fourth-order valence-electron chi connectivity index (χ4n) is 3.52. The first kappa shape index (κ1) is 16.8. The number of pyridine rings is 1. The highest BCUT2D eigenvalue weighted by Crippen LogP contribution is 2.29. The van der Waals surface area contributed by atoms with E-state index in [0.29, 0.717) is 30.3 Å². The first-order valence-corrected chi connectivity index (χ1v) is 8.70. The molecule has 5 N–H and O–H groups in total. The summed E-state index contributed by atoms with van der Waals surface area (Å²) in [4.78, 5) is 18.8. The Morgan fingerprint density at radius 3 is 2.62 bits per heavy atom. The first-order valence-electron chi connectivity index (χ1n) is 8.70. The molecule has 1 aromatic rings. The van der Waals surface area contributed by atoms with Crippen LogP contribution in [0.4, 0.5) is 21.7 Å². The van der Waals surface area contributed by atoms with Gasteiger partial charge in [0.25, 0.3) is 5.91 Å². The van der Waals surface area contributed by atoms with Gasteiger partial charge in [0.2, 0.25) is 0 Å². The highest BCUT2D eigenvalue weighted by molar-refractivity contribution is 6.00. The SMILES string of the molecule is CC1CCC(NC(=O)c2cc(N)c(N)nc2N2CC[C@@H](F)C2)CC1. The van der Waals surface area contributed by atoms with Gasteiger partial charge >= 0.3 is 0 Å². The van der Waals surface area contributed by atoms with Crippen molar-refractivity contribution in [2.45, 2.75) is 51.2 Å². The molecule has 0 aromatic carbocycles. The van der Waals surface area contributed by atoms with Crippen molar-refractivity contribution in [1.82, 2.24) is 10.3 Å². The molecule has 0 radical (unpaired) electrons. The number of nitrogens with two attached hydrogens (primary N) is 2. The van der Waals surface area contributed by atoms with E-state index >= 15 is 0 Å². The second kappa shape index (κ2) is 6.83. The topological polar surface area (TPSA) is 97.3 Å². The molecule has 1 saturated carbocycles. The Kier molecular flexibility index (Phi) is 4.78. The van der Waals surface area contributed by atoms with E-state index < -0.39 is 6.17 Å². The number of alkyl halides is 1. The minimum atomic E-state index is -0.902. The van der Waals surface area contributed by atoms with Crippen molar-refractivity contribution in [3.8, 4) is 0 Å². The van der Waals surface area contributed by atoms with Gasteiger partial charge in [-0.05, 0) is 44.1 Å². The number of amides is 1. The van der Waals surface area contributed by atoms with E-state index in [1.165, 1.54) is 0 Å². The monoisotopic (exact) mass is 335 g/mol. The van der Waals surface area contributed by atoms with E-state index in [4.69, 9.17) is 11.5 Å². The van der Waals surface area contributed by atoms with Crippen molar-refractivity contribution in [3.05, 3.63) is 11.6 Å². The predicted octanol–water partition coefficient (Wildman–Crippen LogP) is 2.10. The smallest absolute Gasteiger partial charge is 0.255 e. The van der Waals surface area contributed by atoms with Gasteiger partial charge in [-0.1, -0.05) is 6.92 Å². The molecule has 132 valence electrons. The number of carbonyl (C=O) groups excluding carboxylic acids is 1. The molecule has 2 aliphatic rings. The minimum Gasteiger partial charge on any atom is -0.396 e. The van der Waals surface area contributed by atoms with E-state index in [9.17, 15) is 9.18 Å². The summed E-state index contributed by atoms with van der Waals surface area (Å²) < 4.78 is 13.6. The van der Waals surface area contributed by atoms with Crippen LogP contribution in [0.2, 0.25) is 0 Å². The molecule has 24 heavy (non-hydrogen) atoms. The number of hydrogen-bond acceptors (Lipinski definition) is 5. The molecule has 0 bridgehead atoms. The van der Waals surface area contributed by atoms with Crippen molar-refractivity contribution in [2.75, 3.05) is 29.5 Å². The number of halogens is 1. The van der Waals surface area contributed by atoms with Gasteiger partial charge in [0.1, 0.15) is 17.8 Å². The molecule has 7 heteroatoms. The van der Waals surface area contributed by atoms with Gasteiger partial charge in [-0.25, -0.2) is 9.37 Å². The Bertz CT molecular complexity index is 615. The van der Waals surface area contributed by atoms with Gasteiger partial charge in [0.15, 0.2) is 0 Å². The standard InChI is InChI=1S/C17H26FN5O/c1-10-2-4-12(5-3-10)21-17(24)13-8-14(19)15(20)22-16(13)23-7-6-11(18)9-23/h8,10-12H,2-7,9,19H2,1H3,(H2,20,22)(H,21,24)/t10?,11-,12?/m1/s1. The van der Waals surface area contributed by atoms with Crippen LogP contribution in [-0.4, -0.2) is 36.2 Å². The number of carbonyl (C=O) groups is 1. The van der Waals surface area contributed by atoms with Crippen molar-refractivity contribution in [2.24, 2.45) is 5.92 Å². The lowest BCUT2D eigenvalue weighted by molar-refractivity contribution is 0.0923. The molecule has 1 aromatic heterocycles. The third kappa shape index (κ3) is 3.55. The first-order chi connectivity index (χ1) is 11.4. The molecule has 1 aliphatic heterocycles. The maximum atomic E-state index is 13.6. The van der Waals surface area contributed by atoms with Crippen LogP contribution in [0.25, 0.3) is 0 Å². The molecule has 3 rings (SSSR count). The molecule has 2 heterocycles. The summed E-state index contributed by atoms with van der Waals surface area (Å²) in [6.45, 7) is 3.00. The molecule has 6 nitrogen and oxygen atoms in total. The Balaban J connectivity index is 1.80.